The number of aryl methyl sites for hydroxylation is 1. The minimum atomic E-state index is -0.136. The molecule has 0 N–H and O–H groups in total. The first-order chi connectivity index (χ1) is 10.2. The lowest BCUT2D eigenvalue weighted by atomic mass is 9.68. The van der Waals surface area contributed by atoms with Crippen LogP contribution in [-0.2, 0) is 5.41 Å². The number of aromatic nitrogens is 2. The molecule has 0 spiro atoms. The maximum Gasteiger partial charge on any atom is 0.168 e. The van der Waals surface area contributed by atoms with Crippen molar-refractivity contribution in [3.05, 3.63) is 59.2 Å². The van der Waals surface area contributed by atoms with Gasteiger partial charge in [0.15, 0.2) is 6.29 Å². The average molecular weight is 280 g/mol. The molecule has 0 aliphatic heterocycles. The SMILES string of the molecule is Cc1cc(C=O)nc(C2(c3ccccc3)CCCCC2)n1. The van der Waals surface area contributed by atoms with Crippen molar-refractivity contribution in [2.24, 2.45) is 0 Å². The van der Waals surface area contributed by atoms with Gasteiger partial charge in [-0.1, -0.05) is 49.6 Å². The Labute approximate surface area is 125 Å². The lowest BCUT2D eigenvalue weighted by Gasteiger charge is -2.36. The van der Waals surface area contributed by atoms with Crippen LogP contribution in [0.4, 0.5) is 0 Å². The average Bonchev–Trinajstić information content (AvgIpc) is 2.55. The van der Waals surface area contributed by atoms with Crippen molar-refractivity contribution in [1.82, 2.24) is 9.97 Å². The van der Waals surface area contributed by atoms with Crippen molar-refractivity contribution in [3.8, 4) is 0 Å². The third kappa shape index (κ3) is 2.60. The smallest absolute Gasteiger partial charge is 0.168 e. The third-order valence-corrected chi connectivity index (χ3v) is 4.46. The molecule has 3 heteroatoms. The topological polar surface area (TPSA) is 42.9 Å². The van der Waals surface area contributed by atoms with E-state index < -0.39 is 0 Å². The summed E-state index contributed by atoms with van der Waals surface area (Å²) in [4.78, 5) is 20.4. The quantitative estimate of drug-likeness (QED) is 0.802. The Morgan fingerprint density at radius 1 is 1.05 bits per heavy atom. The monoisotopic (exact) mass is 280 g/mol. The maximum atomic E-state index is 11.1. The molecule has 1 aliphatic carbocycles. The van der Waals surface area contributed by atoms with Gasteiger partial charge >= 0.3 is 0 Å². The Bertz CT molecular complexity index is 631. The fraction of sp³-hybridized carbons (Fsp3) is 0.389. The third-order valence-electron chi connectivity index (χ3n) is 4.46. The fourth-order valence-electron chi connectivity index (χ4n) is 3.42. The number of hydrogen-bond donors (Lipinski definition) is 0. The standard InChI is InChI=1S/C18H20N2O/c1-14-12-16(13-21)20-17(19-14)18(10-6-3-7-11-18)15-8-4-2-5-9-15/h2,4-5,8-9,12-13H,3,6-7,10-11H2,1H3. The van der Waals surface area contributed by atoms with Crippen molar-refractivity contribution >= 4 is 6.29 Å². The van der Waals surface area contributed by atoms with Gasteiger partial charge in [0.05, 0.1) is 5.41 Å². The van der Waals surface area contributed by atoms with Gasteiger partial charge in [-0.25, -0.2) is 9.97 Å². The number of carbonyl (C=O) groups excluding carboxylic acids is 1. The van der Waals surface area contributed by atoms with Crippen LogP contribution in [0.15, 0.2) is 36.4 Å². The van der Waals surface area contributed by atoms with Crippen LogP contribution in [0.25, 0.3) is 0 Å². The molecule has 0 unspecified atom stereocenters. The summed E-state index contributed by atoms with van der Waals surface area (Å²) >= 11 is 0. The Morgan fingerprint density at radius 3 is 2.43 bits per heavy atom. The zero-order chi connectivity index (χ0) is 14.7. The van der Waals surface area contributed by atoms with Crippen LogP contribution < -0.4 is 0 Å². The van der Waals surface area contributed by atoms with Gasteiger partial charge in [0.1, 0.15) is 11.5 Å². The van der Waals surface area contributed by atoms with Crippen molar-refractivity contribution < 1.29 is 4.79 Å². The number of aldehydes is 1. The molecule has 0 bridgehead atoms. The number of hydrogen-bond acceptors (Lipinski definition) is 3. The number of carbonyl (C=O) groups is 1. The molecule has 0 radical (unpaired) electrons. The van der Waals surface area contributed by atoms with E-state index >= 15 is 0 Å². The highest BCUT2D eigenvalue weighted by molar-refractivity contribution is 5.71. The number of rotatable bonds is 3. The van der Waals surface area contributed by atoms with Crippen LogP contribution in [-0.4, -0.2) is 16.3 Å². The number of nitrogens with zero attached hydrogens (tertiary/aromatic N) is 2. The summed E-state index contributed by atoms with van der Waals surface area (Å²) in [7, 11) is 0. The van der Waals surface area contributed by atoms with E-state index in [2.05, 4.69) is 34.2 Å². The molecule has 1 aromatic carbocycles. The van der Waals surface area contributed by atoms with Gasteiger partial charge < -0.3 is 0 Å². The van der Waals surface area contributed by atoms with Crippen LogP contribution in [0.1, 0.15) is 59.7 Å². The molecule has 0 atom stereocenters. The Hall–Kier alpha value is -2.03. The highest BCUT2D eigenvalue weighted by atomic mass is 16.1. The van der Waals surface area contributed by atoms with E-state index in [1.807, 2.05) is 13.0 Å². The molecule has 3 rings (SSSR count). The van der Waals surface area contributed by atoms with E-state index in [0.717, 1.165) is 30.6 Å². The zero-order valence-corrected chi connectivity index (χ0v) is 12.4. The Morgan fingerprint density at radius 2 is 1.76 bits per heavy atom. The van der Waals surface area contributed by atoms with Gasteiger partial charge in [0.2, 0.25) is 0 Å². The molecule has 1 saturated carbocycles. The summed E-state index contributed by atoms with van der Waals surface area (Å²) in [5.74, 6) is 0.815. The molecule has 1 heterocycles. The van der Waals surface area contributed by atoms with E-state index in [4.69, 9.17) is 0 Å². The zero-order valence-electron chi connectivity index (χ0n) is 12.4. The highest BCUT2D eigenvalue weighted by Gasteiger charge is 2.38. The first-order valence-electron chi connectivity index (χ1n) is 7.61. The molecule has 21 heavy (non-hydrogen) atoms. The van der Waals surface area contributed by atoms with Crippen molar-refractivity contribution in [3.63, 3.8) is 0 Å². The molecular weight excluding hydrogens is 260 g/mol. The van der Waals surface area contributed by atoms with E-state index in [9.17, 15) is 4.79 Å². The molecule has 1 aliphatic rings. The summed E-state index contributed by atoms with van der Waals surface area (Å²) in [5.41, 5.74) is 2.48. The Kier molecular flexibility index (Phi) is 3.82. The summed E-state index contributed by atoms with van der Waals surface area (Å²) in [6, 6.07) is 12.3. The molecule has 0 saturated heterocycles. The predicted molar refractivity (Wildman–Crippen MR) is 82.5 cm³/mol. The molecule has 108 valence electrons. The second-order valence-electron chi connectivity index (χ2n) is 5.88. The molecule has 3 nitrogen and oxygen atoms in total. The minimum absolute atomic E-state index is 0.136. The van der Waals surface area contributed by atoms with Crippen LogP contribution in [0.5, 0.6) is 0 Å². The summed E-state index contributed by atoms with van der Waals surface area (Å²) in [6.07, 6.45) is 6.56. The van der Waals surface area contributed by atoms with Crippen molar-refractivity contribution in [1.29, 1.82) is 0 Å². The second-order valence-corrected chi connectivity index (χ2v) is 5.88. The summed E-state index contributed by atoms with van der Waals surface area (Å²) < 4.78 is 0. The van der Waals surface area contributed by atoms with Gasteiger partial charge in [-0.15, -0.1) is 0 Å². The van der Waals surface area contributed by atoms with Crippen LogP contribution in [0, 0.1) is 6.92 Å². The minimum Gasteiger partial charge on any atom is -0.296 e. The fourth-order valence-corrected chi connectivity index (χ4v) is 3.42. The predicted octanol–water partition coefficient (Wildman–Crippen LogP) is 3.85. The molecule has 1 aromatic heterocycles. The van der Waals surface area contributed by atoms with E-state index in [1.165, 1.54) is 24.8 Å². The van der Waals surface area contributed by atoms with Crippen molar-refractivity contribution in [2.45, 2.75) is 44.4 Å². The van der Waals surface area contributed by atoms with Crippen LogP contribution in [0.3, 0.4) is 0 Å². The van der Waals surface area contributed by atoms with Gasteiger partial charge in [0, 0.05) is 5.69 Å². The summed E-state index contributed by atoms with van der Waals surface area (Å²) in [6.45, 7) is 1.93. The van der Waals surface area contributed by atoms with E-state index in [1.54, 1.807) is 6.07 Å². The molecule has 2 aromatic rings. The molecule has 0 amide bonds. The lowest BCUT2D eigenvalue weighted by Crippen LogP contribution is -2.33. The maximum absolute atomic E-state index is 11.1. The first kappa shape index (κ1) is 13.9. The second kappa shape index (κ2) is 5.76. The van der Waals surface area contributed by atoms with Gasteiger partial charge in [0.25, 0.3) is 0 Å². The van der Waals surface area contributed by atoms with Gasteiger partial charge in [-0.05, 0) is 31.4 Å². The summed E-state index contributed by atoms with van der Waals surface area (Å²) in [5, 5.41) is 0. The first-order valence-corrected chi connectivity index (χ1v) is 7.61. The van der Waals surface area contributed by atoms with Crippen LogP contribution in [0.2, 0.25) is 0 Å². The normalized spacial score (nSPS) is 17.4. The van der Waals surface area contributed by atoms with Crippen molar-refractivity contribution in [2.75, 3.05) is 0 Å². The highest BCUT2D eigenvalue weighted by Crippen LogP contribution is 2.43. The largest absolute Gasteiger partial charge is 0.296 e. The van der Waals surface area contributed by atoms with Gasteiger partial charge in [-0.2, -0.15) is 0 Å². The van der Waals surface area contributed by atoms with Gasteiger partial charge in [-0.3, -0.25) is 4.79 Å². The Balaban J connectivity index is 2.16. The van der Waals surface area contributed by atoms with E-state index in [0.29, 0.717) is 5.69 Å². The number of benzene rings is 1. The van der Waals surface area contributed by atoms with Crippen LogP contribution >= 0.6 is 0 Å². The molecule has 1 fully saturated rings. The van der Waals surface area contributed by atoms with E-state index in [-0.39, 0.29) is 5.41 Å². The lowest BCUT2D eigenvalue weighted by molar-refractivity contribution is 0.111. The molecular formula is C18H20N2O.